The highest BCUT2D eigenvalue weighted by Gasteiger charge is 2.21. The maximum atomic E-state index is 9.14. The summed E-state index contributed by atoms with van der Waals surface area (Å²) in [4.78, 5) is 0. The third-order valence-electron chi connectivity index (χ3n) is 2.51. The van der Waals surface area contributed by atoms with E-state index in [9.17, 15) is 0 Å². The molecule has 1 N–H and O–H groups in total. The van der Waals surface area contributed by atoms with Crippen LogP contribution in [-0.4, -0.2) is 17.3 Å². The molecule has 0 unspecified atom stereocenters. The molecule has 0 aromatic heterocycles. The minimum absolute atomic E-state index is 0.0658. The van der Waals surface area contributed by atoms with Gasteiger partial charge in [0.05, 0.1) is 18.8 Å². The fraction of sp³-hybridized carbons (Fsp3) is 0.500. The molecule has 0 saturated heterocycles. The van der Waals surface area contributed by atoms with Gasteiger partial charge in [0.25, 0.3) is 0 Å². The lowest BCUT2D eigenvalue weighted by molar-refractivity contribution is -0.0785. The summed E-state index contributed by atoms with van der Waals surface area (Å²) >= 11 is 0. The molecule has 0 aliphatic heterocycles. The van der Waals surface area contributed by atoms with Crippen LogP contribution in [0.1, 0.15) is 25.8 Å². The number of rotatable bonds is 5. The molecule has 2 heteroatoms. The van der Waals surface area contributed by atoms with E-state index in [1.165, 1.54) is 0 Å². The van der Waals surface area contributed by atoms with Crippen LogP contribution in [0.15, 0.2) is 30.3 Å². The number of aliphatic hydroxyl groups is 1. The summed E-state index contributed by atoms with van der Waals surface area (Å²) < 4.78 is 5.66. The first-order chi connectivity index (χ1) is 6.70. The van der Waals surface area contributed by atoms with Gasteiger partial charge in [-0.2, -0.15) is 0 Å². The first-order valence-corrected chi connectivity index (χ1v) is 4.99. The second-order valence-corrected chi connectivity index (χ2v) is 3.74. The van der Waals surface area contributed by atoms with Gasteiger partial charge in [0.15, 0.2) is 0 Å². The normalized spacial score (nSPS) is 15.1. The fourth-order valence-electron chi connectivity index (χ4n) is 1.09. The van der Waals surface area contributed by atoms with Crippen LogP contribution in [0.5, 0.6) is 0 Å². The Balaban J connectivity index is 2.48. The summed E-state index contributed by atoms with van der Waals surface area (Å²) in [6.45, 7) is 4.57. The van der Waals surface area contributed by atoms with Crippen molar-refractivity contribution in [3.8, 4) is 0 Å². The number of hydrogen-bond acceptors (Lipinski definition) is 2. The SMILES string of the molecule is CC[C@](C)(CO)OCc1ccccc1. The van der Waals surface area contributed by atoms with Crippen molar-refractivity contribution in [3.05, 3.63) is 35.9 Å². The average molecular weight is 194 g/mol. The minimum Gasteiger partial charge on any atom is -0.393 e. The topological polar surface area (TPSA) is 29.5 Å². The maximum Gasteiger partial charge on any atom is 0.0886 e. The Bertz CT molecular complexity index is 252. The molecule has 0 aliphatic carbocycles. The zero-order valence-electron chi connectivity index (χ0n) is 8.86. The molecule has 1 aromatic rings. The third-order valence-corrected chi connectivity index (χ3v) is 2.51. The van der Waals surface area contributed by atoms with Crippen molar-refractivity contribution in [2.75, 3.05) is 6.61 Å². The molecule has 0 heterocycles. The molecule has 0 aliphatic rings. The van der Waals surface area contributed by atoms with Crippen molar-refractivity contribution in [1.82, 2.24) is 0 Å². The van der Waals surface area contributed by atoms with Crippen LogP contribution < -0.4 is 0 Å². The van der Waals surface area contributed by atoms with Crippen LogP contribution in [0.4, 0.5) is 0 Å². The monoisotopic (exact) mass is 194 g/mol. The molecule has 0 saturated carbocycles. The van der Waals surface area contributed by atoms with E-state index in [1.54, 1.807) is 0 Å². The summed E-state index contributed by atoms with van der Waals surface area (Å²) in [6, 6.07) is 10.00. The van der Waals surface area contributed by atoms with Crippen molar-refractivity contribution in [2.45, 2.75) is 32.5 Å². The first-order valence-electron chi connectivity index (χ1n) is 4.99. The Morgan fingerprint density at radius 3 is 2.43 bits per heavy atom. The second kappa shape index (κ2) is 5.13. The summed E-state index contributed by atoms with van der Waals surface area (Å²) in [6.07, 6.45) is 0.816. The van der Waals surface area contributed by atoms with Crippen molar-refractivity contribution < 1.29 is 9.84 Å². The van der Waals surface area contributed by atoms with E-state index in [-0.39, 0.29) is 6.61 Å². The predicted molar refractivity (Wildman–Crippen MR) is 57.0 cm³/mol. The van der Waals surface area contributed by atoms with Gasteiger partial charge >= 0.3 is 0 Å². The molecule has 1 atom stereocenters. The number of ether oxygens (including phenoxy) is 1. The Morgan fingerprint density at radius 1 is 1.29 bits per heavy atom. The van der Waals surface area contributed by atoms with Crippen molar-refractivity contribution in [3.63, 3.8) is 0 Å². The number of benzene rings is 1. The van der Waals surface area contributed by atoms with E-state index in [1.807, 2.05) is 44.2 Å². The van der Waals surface area contributed by atoms with Crippen LogP contribution >= 0.6 is 0 Å². The molecule has 1 rings (SSSR count). The minimum atomic E-state index is -0.407. The van der Waals surface area contributed by atoms with E-state index in [2.05, 4.69) is 0 Å². The quantitative estimate of drug-likeness (QED) is 0.779. The van der Waals surface area contributed by atoms with Gasteiger partial charge in [-0.15, -0.1) is 0 Å². The summed E-state index contributed by atoms with van der Waals surface area (Å²) in [5.41, 5.74) is 0.733. The molecule has 14 heavy (non-hydrogen) atoms. The molecule has 0 amide bonds. The second-order valence-electron chi connectivity index (χ2n) is 3.74. The van der Waals surface area contributed by atoms with Crippen LogP contribution in [0.2, 0.25) is 0 Å². The zero-order chi connectivity index (χ0) is 10.4. The van der Waals surface area contributed by atoms with E-state index in [0.29, 0.717) is 6.61 Å². The van der Waals surface area contributed by atoms with E-state index in [0.717, 1.165) is 12.0 Å². The van der Waals surface area contributed by atoms with Crippen LogP contribution in [-0.2, 0) is 11.3 Å². The van der Waals surface area contributed by atoms with Gasteiger partial charge in [-0.25, -0.2) is 0 Å². The fourth-order valence-corrected chi connectivity index (χ4v) is 1.09. The molecule has 0 spiro atoms. The number of hydrogen-bond donors (Lipinski definition) is 1. The Hall–Kier alpha value is -0.860. The van der Waals surface area contributed by atoms with Gasteiger partial charge in [-0.3, -0.25) is 0 Å². The van der Waals surface area contributed by atoms with E-state index in [4.69, 9.17) is 9.84 Å². The number of aliphatic hydroxyl groups excluding tert-OH is 1. The zero-order valence-corrected chi connectivity index (χ0v) is 8.86. The molecule has 0 radical (unpaired) electrons. The van der Waals surface area contributed by atoms with E-state index >= 15 is 0 Å². The first kappa shape index (κ1) is 11.2. The molecule has 2 nitrogen and oxygen atoms in total. The Morgan fingerprint density at radius 2 is 1.93 bits per heavy atom. The highest BCUT2D eigenvalue weighted by Crippen LogP contribution is 2.16. The Kier molecular flexibility index (Phi) is 4.11. The van der Waals surface area contributed by atoms with Crippen LogP contribution in [0.25, 0.3) is 0 Å². The predicted octanol–water partition coefficient (Wildman–Crippen LogP) is 2.36. The van der Waals surface area contributed by atoms with Crippen LogP contribution in [0, 0.1) is 0 Å². The highest BCUT2D eigenvalue weighted by molar-refractivity contribution is 5.13. The van der Waals surface area contributed by atoms with E-state index < -0.39 is 5.60 Å². The van der Waals surface area contributed by atoms with Gasteiger partial charge in [-0.05, 0) is 18.9 Å². The maximum absolute atomic E-state index is 9.14. The van der Waals surface area contributed by atoms with Gasteiger partial charge in [0.2, 0.25) is 0 Å². The van der Waals surface area contributed by atoms with Gasteiger partial charge in [0, 0.05) is 0 Å². The molecule has 0 bridgehead atoms. The molecule has 78 valence electrons. The Labute approximate surface area is 85.5 Å². The lowest BCUT2D eigenvalue weighted by atomic mass is 10.1. The third kappa shape index (κ3) is 3.13. The molecule has 0 fully saturated rings. The highest BCUT2D eigenvalue weighted by atomic mass is 16.5. The van der Waals surface area contributed by atoms with Gasteiger partial charge < -0.3 is 9.84 Å². The smallest absolute Gasteiger partial charge is 0.0886 e. The molecule has 1 aromatic carbocycles. The lowest BCUT2D eigenvalue weighted by Crippen LogP contribution is -2.32. The molecular formula is C12H18O2. The van der Waals surface area contributed by atoms with Gasteiger partial charge in [-0.1, -0.05) is 37.3 Å². The van der Waals surface area contributed by atoms with Crippen molar-refractivity contribution >= 4 is 0 Å². The van der Waals surface area contributed by atoms with Crippen molar-refractivity contribution in [2.24, 2.45) is 0 Å². The lowest BCUT2D eigenvalue weighted by Gasteiger charge is -2.26. The van der Waals surface area contributed by atoms with Gasteiger partial charge in [0.1, 0.15) is 0 Å². The summed E-state index contributed by atoms with van der Waals surface area (Å²) in [5.74, 6) is 0. The summed E-state index contributed by atoms with van der Waals surface area (Å²) in [5, 5.41) is 9.14. The standard InChI is InChI=1S/C12H18O2/c1-3-12(2,10-13)14-9-11-7-5-4-6-8-11/h4-8,13H,3,9-10H2,1-2H3/t12-/m1/s1. The average Bonchev–Trinajstić information content (AvgIpc) is 2.27. The van der Waals surface area contributed by atoms with Crippen molar-refractivity contribution in [1.29, 1.82) is 0 Å². The summed E-state index contributed by atoms with van der Waals surface area (Å²) in [7, 11) is 0. The van der Waals surface area contributed by atoms with Crippen LogP contribution in [0.3, 0.4) is 0 Å². The largest absolute Gasteiger partial charge is 0.393 e. The molecular weight excluding hydrogens is 176 g/mol.